The van der Waals surface area contributed by atoms with Gasteiger partial charge in [0.1, 0.15) is 0 Å². The van der Waals surface area contributed by atoms with Gasteiger partial charge in [0.15, 0.2) is 0 Å². The summed E-state index contributed by atoms with van der Waals surface area (Å²) >= 11 is 0. The minimum atomic E-state index is 0. The fourth-order valence-corrected chi connectivity index (χ4v) is 4.44. The van der Waals surface area contributed by atoms with Gasteiger partial charge in [0.05, 0.1) is 0 Å². The highest BCUT2D eigenvalue weighted by Gasteiger charge is 2.36. The fraction of sp³-hybridized carbons (Fsp3) is 0.682. The van der Waals surface area contributed by atoms with Crippen LogP contribution in [0, 0.1) is 11.8 Å². The molecule has 1 amide bonds. The zero-order valence-electron chi connectivity index (χ0n) is 17.5. The highest BCUT2D eigenvalue weighted by Crippen LogP contribution is 2.27. The number of halogens is 2. The molecule has 0 saturated carbocycles. The van der Waals surface area contributed by atoms with Crippen molar-refractivity contribution >= 4 is 30.7 Å². The van der Waals surface area contributed by atoms with Crippen molar-refractivity contribution < 1.29 is 4.79 Å². The molecule has 2 heterocycles. The zero-order chi connectivity index (χ0) is 18.6. The first-order valence-electron chi connectivity index (χ1n) is 10.2. The summed E-state index contributed by atoms with van der Waals surface area (Å²) < 4.78 is 0. The number of piperazine rings is 1. The largest absolute Gasteiger partial charge is 0.340 e. The van der Waals surface area contributed by atoms with E-state index in [1.807, 2.05) is 0 Å². The van der Waals surface area contributed by atoms with Gasteiger partial charge >= 0.3 is 0 Å². The van der Waals surface area contributed by atoms with Gasteiger partial charge in [-0.2, -0.15) is 0 Å². The van der Waals surface area contributed by atoms with Crippen LogP contribution < -0.4 is 5.32 Å². The Kier molecular flexibility index (Phi) is 10.3. The Hall–Kier alpha value is -0.810. The van der Waals surface area contributed by atoms with Gasteiger partial charge in [0.25, 0.3) is 0 Å². The molecule has 2 aliphatic rings. The molecule has 2 aliphatic heterocycles. The van der Waals surface area contributed by atoms with Crippen LogP contribution in [0.3, 0.4) is 0 Å². The lowest BCUT2D eigenvalue weighted by atomic mass is 9.85. The number of nitrogens with one attached hydrogen (secondary N) is 1. The van der Waals surface area contributed by atoms with Crippen molar-refractivity contribution in [3.8, 4) is 0 Å². The molecule has 1 aromatic carbocycles. The summed E-state index contributed by atoms with van der Waals surface area (Å²) in [5.74, 6) is 1.47. The third-order valence-corrected chi connectivity index (χ3v) is 6.28. The molecule has 6 heteroatoms. The Balaban J connectivity index is 0.00000196. The summed E-state index contributed by atoms with van der Waals surface area (Å²) in [4.78, 5) is 17.5. The number of piperidine rings is 1. The summed E-state index contributed by atoms with van der Waals surface area (Å²) in [5.41, 5.74) is 1.36. The molecule has 0 spiro atoms. The molecular weight excluding hydrogens is 393 g/mol. The fourth-order valence-electron chi connectivity index (χ4n) is 4.44. The van der Waals surface area contributed by atoms with Gasteiger partial charge < -0.3 is 10.2 Å². The monoisotopic (exact) mass is 429 g/mol. The Labute approximate surface area is 183 Å². The maximum absolute atomic E-state index is 12.9. The third kappa shape index (κ3) is 6.62. The molecule has 1 aromatic rings. The molecule has 2 atom stereocenters. The quantitative estimate of drug-likeness (QED) is 0.768. The van der Waals surface area contributed by atoms with Gasteiger partial charge in [-0.3, -0.25) is 9.69 Å². The average molecular weight is 430 g/mol. The molecule has 3 rings (SSSR count). The molecule has 2 fully saturated rings. The molecule has 0 bridgehead atoms. The number of carbonyl (C=O) groups is 1. The molecule has 160 valence electrons. The van der Waals surface area contributed by atoms with Crippen molar-refractivity contribution in [1.82, 2.24) is 15.1 Å². The standard InChI is InChI=1S/C22H35N3O.2ClH/c1-18(20-10-7-11-23-15-20)14-21(26)24-12-13-25(22(2,3)17-24)16-19-8-5-4-6-9-19;;/h4-6,8-9,18,20,23H,7,10-17H2,1-3H3;2*1H. The Morgan fingerprint density at radius 1 is 1.21 bits per heavy atom. The number of nitrogens with zero attached hydrogens (tertiary/aromatic N) is 2. The molecule has 0 aliphatic carbocycles. The van der Waals surface area contributed by atoms with Crippen molar-refractivity contribution in [3.05, 3.63) is 35.9 Å². The van der Waals surface area contributed by atoms with Crippen LogP contribution in [-0.2, 0) is 11.3 Å². The molecule has 28 heavy (non-hydrogen) atoms. The maximum Gasteiger partial charge on any atom is 0.222 e. The molecular formula is C22H37Cl2N3O. The van der Waals surface area contributed by atoms with E-state index in [1.54, 1.807) is 0 Å². The predicted octanol–water partition coefficient (Wildman–Crippen LogP) is 3.98. The van der Waals surface area contributed by atoms with Crippen molar-refractivity contribution in [1.29, 1.82) is 0 Å². The van der Waals surface area contributed by atoms with E-state index in [1.165, 1.54) is 18.4 Å². The van der Waals surface area contributed by atoms with Crippen molar-refractivity contribution in [2.75, 3.05) is 32.7 Å². The van der Waals surface area contributed by atoms with E-state index in [0.717, 1.165) is 39.3 Å². The lowest BCUT2D eigenvalue weighted by molar-refractivity contribution is -0.137. The second-order valence-corrected chi connectivity index (χ2v) is 8.82. The molecule has 0 aromatic heterocycles. The normalized spacial score (nSPS) is 23.2. The van der Waals surface area contributed by atoms with E-state index in [-0.39, 0.29) is 30.4 Å². The van der Waals surface area contributed by atoms with Crippen LogP contribution in [0.15, 0.2) is 30.3 Å². The van der Waals surface area contributed by atoms with Crippen molar-refractivity contribution in [3.63, 3.8) is 0 Å². The van der Waals surface area contributed by atoms with Gasteiger partial charge in [-0.25, -0.2) is 0 Å². The molecule has 2 saturated heterocycles. The van der Waals surface area contributed by atoms with E-state index in [2.05, 4.69) is 66.2 Å². The van der Waals surface area contributed by atoms with Crippen molar-refractivity contribution in [2.24, 2.45) is 11.8 Å². The second kappa shape index (κ2) is 11.4. The number of hydrogen-bond donors (Lipinski definition) is 1. The van der Waals surface area contributed by atoms with Crippen LogP contribution in [-0.4, -0.2) is 54.0 Å². The second-order valence-electron chi connectivity index (χ2n) is 8.82. The lowest BCUT2D eigenvalue weighted by Gasteiger charge is -2.47. The summed E-state index contributed by atoms with van der Waals surface area (Å²) in [7, 11) is 0. The summed E-state index contributed by atoms with van der Waals surface area (Å²) in [6, 6.07) is 10.6. The van der Waals surface area contributed by atoms with Gasteiger partial charge in [0.2, 0.25) is 5.91 Å². The van der Waals surface area contributed by atoms with Crippen LogP contribution in [0.2, 0.25) is 0 Å². The predicted molar refractivity (Wildman–Crippen MR) is 121 cm³/mol. The topological polar surface area (TPSA) is 35.6 Å². The first-order valence-corrected chi connectivity index (χ1v) is 10.2. The molecule has 1 N–H and O–H groups in total. The first-order chi connectivity index (χ1) is 12.5. The van der Waals surface area contributed by atoms with E-state index >= 15 is 0 Å². The molecule has 0 radical (unpaired) electrons. The number of amides is 1. The number of rotatable bonds is 5. The number of hydrogen-bond acceptors (Lipinski definition) is 3. The Morgan fingerprint density at radius 2 is 1.93 bits per heavy atom. The van der Waals surface area contributed by atoms with E-state index < -0.39 is 0 Å². The third-order valence-electron chi connectivity index (χ3n) is 6.28. The van der Waals surface area contributed by atoms with E-state index in [9.17, 15) is 4.79 Å². The average Bonchev–Trinajstić information content (AvgIpc) is 2.64. The Morgan fingerprint density at radius 3 is 2.54 bits per heavy atom. The van der Waals surface area contributed by atoms with Gasteiger partial charge in [-0.15, -0.1) is 24.8 Å². The van der Waals surface area contributed by atoms with Crippen LogP contribution in [0.4, 0.5) is 0 Å². The summed E-state index contributed by atoms with van der Waals surface area (Å²) in [6.07, 6.45) is 3.20. The minimum absolute atomic E-state index is 0. The summed E-state index contributed by atoms with van der Waals surface area (Å²) in [5, 5.41) is 3.48. The number of benzene rings is 1. The van der Waals surface area contributed by atoms with Crippen LogP contribution in [0.5, 0.6) is 0 Å². The van der Waals surface area contributed by atoms with E-state index in [0.29, 0.717) is 24.2 Å². The maximum atomic E-state index is 12.9. The van der Waals surface area contributed by atoms with E-state index in [4.69, 9.17) is 0 Å². The SMILES string of the molecule is CC(CC(=O)N1CCN(Cc2ccccc2)C(C)(C)C1)C1CCCNC1.Cl.Cl. The van der Waals surface area contributed by atoms with Gasteiger partial charge in [-0.05, 0) is 57.2 Å². The zero-order valence-corrected chi connectivity index (χ0v) is 19.2. The Bertz CT molecular complexity index is 591. The summed E-state index contributed by atoms with van der Waals surface area (Å²) in [6.45, 7) is 12.6. The van der Waals surface area contributed by atoms with Crippen molar-refractivity contribution in [2.45, 2.75) is 52.1 Å². The van der Waals surface area contributed by atoms with Crippen LogP contribution >= 0.6 is 24.8 Å². The highest BCUT2D eigenvalue weighted by atomic mass is 35.5. The van der Waals surface area contributed by atoms with Crippen LogP contribution in [0.1, 0.15) is 45.6 Å². The van der Waals surface area contributed by atoms with Gasteiger partial charge in [-0.1, -0.05) is 37.3 Å². The van der Waals surface area contributed by atoms with Crippen LogP contribution in [0.25, 0.3) is 0 Å². The minimum Gasteiger partial charge on any atom is -0.340 e. The number of carbonyl (C=O) groups excluding carboxylic acids is 1. The molecule has 4 nitrogen and oxygen atoms in total. The first kappa shape index (κ1) is 25.2. The highest BCUT2D eigenvalue weighted by molar-refractivity contribution is 5.85. The smallest absolute Gasteiger partial charge is 0.222 e. The van der Waals surface area contributed by atoms with Gasteiger partial charge in [0, 0.05) is 38.1 Å². The molecule has 2 unspecified atom stereocenters. The lowest BCUT2D eigenvalue weighted by Crippen LogP contribution is -2.60.